The van der Waals surface area contributed by atoms with Gasteiger partial charge in [0.15, 0.2) is 0 Å². The summed E-state index contributed by atoms with van der Waals surface area (Å²) < 4.78 is 54.6. The molecule has 3 rings (SSSR count). The molecule has 2 aromatic carbocycles. The minimum atomic E-state index is -4.34. The second kappa shape index (κ2) is 10.1. The largest absolute Gasteiger partial charge is 0.416 e. The maximum atomic E-state index is 13.2. The van der Waals surface area contributed by atoms with Crippen LogP contribution in [0.4, 0.5) is 17.6 Å². The van der Waals surface area contributed by atoms with Crippen molar-refractivity contribution in [2.75, 3.05) is 6.54 Å². The second-order valence-electron chi connectivity index (χ2n) is 8.35. The maximum absolute atomic E-state index is 13.2. The van der Waals surface area contributed by atoms with E-state index in [4.69, 9.17) is 0 Å². The molecular formula is C25H28F4N2. The van der Waals surface area contributed by atoms with Gasteiger partial charge in [0.25, 0.3) is 0 Å². The fourth-order valence-corrected chi connectivity index (χ4v) is 3.52. The Labute approximate surface area is 181 Å². The van der Waals surface area contributed by atoms with Crippen LogP contribution in [-0.4, -0.2) is 16.0 Å². The van der Waals surface area contributed by atoms with Crippen molar-refractivity contribution in [3.63, 3.8) is 0 Å². The summed E-state index contributed by atoms with van der Waals surface area (Å²) in [5.74, 6) is 0.229. The van der Waals surface area contributed by atoms with Crippen molar-refractivity contribution in [1.29, 1.82) is 0 Å². The molecule has 0 bridgehead atoms. The summed E-state index contributed by atoms with van der Waals surface area (Å²) in [7, 11) is 0. The van der Waals surface area contributed by atoms with Crippen molar-refractivity contribution < 1.29 is 17.6 Å². The molecule has 1 heterocycles. The zero-order valence-corrected chi connectivity index (χ0v) is 17.9. The van der Waals surface area contributed by atoms with Crippen LogP contribution in [0.2, 0.25) is 0 Å². The molecule has 0 spiro atoms. The van der Waals surface area contributed by atoms with Crippen LogP contribution in [0.15, 0.2) is 66.9 Å². The van der Waals surface area contributed by atoms with E-state index in [-0.39, 0.29) is 5.82 Å². The summed E-state index contributed by atoms with van der Waals surface area (Å²) >= 11 is 0. The molecule has 0 N–H and O–H groups in total. The van der Waals surface area contributed by atoms with Gasteiger partial charge in [0.1, 0.15) is 5.82 Å². The van der Waals surface area contributed by atoms with E-state index in [0.29, 0.717) is 31.1 Å². The molecule has 0 fully saturated rings. The minimum absolute atomic E-state index is 0.266. The number of alkyl halides is 3. The first kappa shape index (κ1) is 23.1. The predicted octanol–water partition coefficient (Wildman–Crippen LogP) is 6.74. The summed E-state index contributed by atoms with van der Waals surface area (Å²) in [5, 5.41) is 0. The Morgan fingerprint density at radius 3 is 2.32 bits per heavy atom. The minimum Gasteiger partial charge on any atom is -0.346 e. The molecule has 0 atom stereocenters. The number of hydrogen-bond donors (Lipinski definition) is 0. The quantitative estimate of drug-likeness (QED) is 0.340. The fourth-order valence-electron chi connectivity index (χ4n) is 3.52. The molecule has 31 heavy (non-hydrogen) atoms. The van der Waals surface area contributed by atoms with E-state index in [9.17, 15) is 17.6 Å². The third-order valence-electron chi connectivity index (χ3n) is 5.26. The Morgan fingerprint density at radius 2 is 1.65 bits per heavy atom. The molecule has 0 aliphatic heterocycles. The van der Waals surface area contributed by atoms with Gasteiger partial charge < -0.3 is 4.57 Å². The van der Waals surface area contributed by atoms with Crippen LogP contribution in [0.25, 0.3) is 0 Å². The van der Waals surface area contributed by atoms with Gasteiger partial charge in [0, 0.05) is 31.5 Å². The number of nitrogens with zero attached hydrogens (tertiary/aromatic N) is 2. The van der Waals surface area contributed by atoms with Gasteiger partial charge in [-0.2, -0.15) is 13.2 Å². The van der Waals surface area contributed by atoms with E-state index in [1.54, 1.807) is 18.2 Å². The molecule has 0 radical (unpaired) electrons. The maximum Gasteiger partial charge on any atom is 0.416 e. The Bertz CT molecular complexity index is 958. The lowest BCUT2D eigenvalue weighted by molar-refractivity contribution is -0.137. The lowest BCUT2D eigenvalue weighted by Crippen LogP contribution is -2.26. The summed E-state index contributed by atoms with van der Waals surface area (Å²) in [5.41, 5.74) is 2.09. The first-order valence-electron chi connectivity index (χ1n) is 10.5. The number of benzene rings is 2. The summed E-state index contributed by atoms with van der Waals surface area (Å²) in [6, 6.07) is 16.0. The molecule has 0 aliphatic rings. The molecule has 0 unspecified atom stereocenters. The standard InChI is InChI=1S/C25H28F4N2/c1-19(2)12-14-30(16-21-5-3-6-22(15-21)25(27,28)29)18-24-7-4-13-31(24)17-20-8-10-23(26)11-9-20/h3-11,13,15,19H,12,14,16-18H2,1-2H3. The van der Waals surface area contributed by atoms with Crippen molar-refractivity contribution in [1.82, 2.24) is 9.47 Å². The zero-order valence-electron chi connectivity index (χ0n) is 17.9. The van der Waals surface area contributed by atoms with Gasteiger partial charge in [-0.25, -0.2) is 4.39 Å². The molecule has 0 amide bonds. The monoisotopic (exact) mass is 432 g/mol. The molecule has 2 nitrogen and oxygen atoms in total. The summed E-state index contributed by atoms with van der Waals surface area (Å²) in [6.07, 6.45) is -1.41. The van der Waals surface area contributed by atoms with E-state index in [0.717, 1.165) is 30.3 Å². The lowest BCUT2D eigenvalue weighted by atomic mass is 10.1. The molecule has 0 aliphatic carbocycles. The smallest absolute Gasteiger partial charge is 0.346 e. The molecule has 166 valence electrons. The highest BCUT2D eigenvalue weighted by atomic mass is 19.4. The first-order chi connectivity index (χ1) is 14.7. The highest BCUT2D eigenvalue weighted by Crippen LogP contribution is 2.30. The van der Waals surface area contributed by atoms with Crippen molar-refractivity contribution in [3.8, 4) is 0 Å². The Morgan fingerprint density at radius 1 is 0.903 bits per heavy atom. The van der Waals surface area contributed by atoms with Gasteiger partial charge in [0.2, 0.25) is 0 Å². The fraction of sp³-hybridized carbons (Fsp3) is 0.360. The van der Waals surface area contributed by atoms with Gasteiger partial charge in [-0.1, -0.05) is 44.2 Å². The molecule has 6 heteroatoms. The van der Waals surface area contributed by atoms with E-state index >= 15 is 0 Å². The molecule has 0 saturated heterocycles. The topological polar surface area (TPSA) is 8.17 Å². The van der Waals surface area contributed by atoms with Crippen LogP contribution in [-0.2, 0) is 25.8 Å². The van der Waals surface area contributed by atoms with Crippen LogP contribution < -0.4 is 0 Å². The Hall–Kier alpha value is -2.60. The molecule has 0 saturated carbocycles. The number of halogens is 4. The van der Waals surface area contributed by atoms with Gasteiger partial charge in [0.05, 0.1) is 5.56 Å². The summed E-state index contributed by atoms with van der Waals surface area (Å²) in [4.78, 5) is 2.19. The molecule has 3 aromatic rings. The average molecular weight is 433 g/mol. The van der Waals surface area contributed by atoms with Crippen molar-refractivity contribution >= 4 is 0 Å². The van der Waals surface area contributed by atoms with Gasteiger partial charge in [-0.15, -0.1) is 0 Å². The van der Waals surface area contributed by atoms with Crippen LogP contribution in [0.5, 0.6) is 0 Å². The number of hydrogen-bond acceptors (Lipinski definition) is 1. The normalized spacial score (nSPS) is 12.1. The average Bonchev–Trinajstić information content (AvgIpc) is 3.14. The predicted molar refractivity (Wildman–Crippen MR) is 115 cm³/mol. The SMILES string of the molecule is CC(C)CCN(Cc1cccc(C(F)(F)F)c1)Cc1cccn1Cc1ccc(F)cc1. The van der Waals surface area contributed by atoms with Crippen molar-refractivity contribution in [2.45, 2.75) is 46.1 Å². The van der Waals surface area contributed by atoms with Crippen molar-refractivity contribution in [3.05, 3.63) is 95.1 Å². The van der Waals surface area contributed by atoms with Gasteiger partial charge >= 0.3 is 6.18 Å². The number of aromatic nitrogens is 1. The van der Waals surface area contributed by atoms with Crippen molar-refractivity contribution in [2.24, 2.45) is 5.92 Å². The van der Waals surface area contributed by atoms with Crippen LogP contribution in [0.1, 0.15) is 42.7 Å². The third-order valence-corrected chi connectivity index (χ3v) is 5.26. The van der Waals surface area contributed by atoms with E-state index < -0.39 is 11.7 Å². The van der Waals surface area contributed by atoms with Gasteiger partial charge in [-0.05, 0) is 60.3 Å². The van der Waals surface area contributed by atoms with Gasteiger partial charge in [-0.3, -0.25) is 4.90 Å². The number of rotatable bonds is 9. The lowest BCUT2D eigenvalue weighted by Gasteiger charge is -2.25. The first-order valence-corrected chi connectivity index (χ1v) is 10.5. The summed E-state index contributed by atoms with van der Waals surface area (Å²) in [6.45, 7) is 6.74. The van der Waals surface area contributed by atoms with Crippen LogP contribution >= 0.6 is 0 Å². The molecule has 1 aromatic heterocycles. The van der Waals surface area contributed by atoms with E-state index in [2.05, 4.69) is 23.3 Å². The molecular weight excluding hydrogens is 404 g/mol. The Kier molecular flexibility index (Phi) is 7.55. The Balaban J connectivity index is 1.76. The highest BCUT2D eigenvalue weighted by molar-refractivity contribution is 5.26. The zero-order chi connectivity index (χ0) is 22.4. The van der Waals surface area contributed by atoms with Crippen LogP contribution in [0, 0.1) is 11.7 Å². The highest BCUT2D eigenvalue weighted by Gasteiger charge is 2.30. The van der Waals surface area contributed by atoms with E-state index in [1.807, 2.05) is 18.3 Å². The second-order valence-corrected chi connectivity index (χ2v) is 8.35. The third kappa shape index (κ3) is 6.96. The van der Waals surface area contributed by atoms with E-state index in [1.165, 1.54) is 24.3 Å². The van der Waals surface area contributed by atoms with Crippen LogP contribution in [0.3, 0.4) is 0 Å².